The van der Waals surface area contributed by atoms with Crippen LogP contribution >= 0.6 is 0 Å². The molecule has 0 unspecified atom stereocenters. The molecule has 1 N–H and O–H groups in total. The average Bonchev–Trinajstić information content (AvgIpc) is 2.68. The van der Waals surface area contributed by atoms with E-state index in [-0.39, 0.29) is 17.6 Å². The Balaban J connectivity index is 1.32. The fourth-order valence-electron chi connectivity index (χ4n) is 3.11. The molecule has 138 valence electrons. The van der Waals surface area contributed by atoms with Gasteiger partial charge in [-0.05, 0) is 68.8 Å². The average molecular weight is 357 g/mol. The molecule has 1 amide bonds. The van der Waals surface area contributed by atoms with E-state index in [9.17, 15) is 9.18 Å². The molecule has 2 heterocycles. The molecule has 1 aromatic carbocycles. The van der Waals surface area contributed by atoms with Crippen LogP contribution < -0.4 is 10.1 Å². The summed E-state index contributed by atoms with van der Waals surface area (Å²) >= 11 is 0. The summed E-state index contributed by atoms with van der Waals surface area (Å²) < 4.78 is 18.5. The normalized spacial score (nSPS) is 15.6. The molecule has 1 fully saturated rings. The third-order valence-corrected chi connectivity index (χ3v) is 4.61. The van der Waals surface area contributed by atoms with Gasteiger partial charge in [-0.25, -0.2) is 4.39 Å². The molecule has 1 aliphatic heterocycles. The lowest BCUT2D eigenvalue weighted by molar-refractivity contribution is -0.121. The molecule has 6 heteroatoms. The van der Waals surface area contributed by atoms with Crippen molar-refractivity contribution in [2.45, 2.75) is 19.3 Å². The van der Waals surface area contributed by atoms with Gasteiger partial charge in [0.15, 0.2) is 0 Å². The van der Waals surface area contributed by atoms with Gasteiger partial charge in [-0.15, -0.1) is 0 Å². The molecule has 0 atom stereocenters. The first-order chi connectivity index (χ1) is 12.7. The number of anilines is 1. The van der Waals surface area contributed by atoms with Gasteiger partial charge in [0.2, 0.25) is 5.91 Å². The van der Waals surface area contributed by atoms with Crippen LogP contribution in [0.2, 0.25) is 0 Å². The van der Waals surface area contributed by atoms with Gasteiger partial charge in [-0.2, -0.15) is 0 Å². The summed E-state index contributed by atoms with van der Waals surface area (Å²) in [6.45, 7) is 3.39. The number of carbonyl (C=O) groups excluding carboxylic acids is 1. The second-order valence-corrected chi connectivity index (χ2v) is 6.50. The zero-order valence-electron chi connectivity index (χ0n) is 14.7. The fraction of sp³-hybridized carbons (Fsp3) is 0.400. The van der Waals surface area contributed by atoms with Gasteiger partial charge in [0.1, 0.15) is 11.6 Å². The predicted octanol–water partition coefficient (Wildman–Crippen LogP) is 3.34. The summed E-state index contributed by atoms with van der Waals surface area (Å²) in [5.41, 5.74) is 0.797. The minimum atomic E-state index is -0.256. The molecule has 1 aromatic heterocycles. The van der Waals surface area contributed by atoms with E-state index in [1.165, 1.54) is 12.1 Å². The number of amides is 1. The fourth-order valence-corrected chi connectivity index (χ4v) is 3.11. The van der Waals surface area contributed by atoms with Gasteiger partial charge in [0, 0.05) is 30.5 Å². The second-order valence-electron chi connectivity index (χ2n) is 6.50. The first-order valence-corrected chi connectivity index (χ1v) is 9.02. The highest BCUT2D eigenvalue weighted by Gasteiger charge is 2.24. The highest BCUT2D eigenvalue weighted by Crippen LogP contribution is 2.19. The SMILES string of the molecule is O=C(Nc1ccncc1)C1CCN(CCCOc2ccc(F)cc2)CC1. The summed E-state index contributed by atoms with van der Waals surface area (Å²) in [6, 6.07) is 9.68. The molecule has 1 aliphatic rings. The summed E-state index contributed by atoms with van der Waals surface area (Å²) in [4.78, 5) is 18.6. The van der Waals surface area contributed by atoms with Crippen molar-refractivity contribution >= 4 is 11.6 Å². The number of aromatic nitrogens is 1. The van der Waals surface area contributed by atoms with Crippen LogP contribution in [-0.4, -0.2) is 42.0 Å². The van der Waals surface area contributed by atoms with Crippen LogP contribution in [0.15, 0.2) is 48.8 Å². The number of piperidine rings is 1. The number of pyridine rings is 1. The van der Waals surface area contributed by atoms with Crippen molar-refractivity contribution in [3.05, 3.63) is 54.6 Å². The maximum absolute atomic E-state index is 12.8. The van der Waals surface area contributed by atoms with Crippen molar-refractivity contribution in [3.63, 3.8) is 0 Å². The largest absolute Gasteiger partial charge is 0.494 e. The molecule has 2 aromatic rings. The van der Waals surface area contributed by atoms with E-state index in [4.69, 9.17) is 4.74 Å². The van der Waals surface area contributed by atoms with Crippen molar-refractivity contribution in [3.8, 4) is 5.75 Å². The zero-order valence-corrected chi connectivity index (χ0v) is 14.7. The number of nitrogens with one attached hydrogen (secondary N) is 1. The minimum Gasteiger partial charge on any atom is -0.494 e. The summed E-state index contributed by atoms with van der Waals surface area (Å²) in [5, 5.41) is 2.96. The third-order valence-electron chi connectivity index (χ3n) is 4.61. The molecule has 0 aliphatic carbocycles. The van der Waals surface area contributed by atoms with E-state index in [0.717, 1.165) is 44.6 Å². The first-order valence-electron chi connectivity index (χ1n) is 9.02. The Morgan fingerprint density at radius 3 is 2.54 bits per heavy atom. The van der Waals surface area contributed by atoms with Crippen molar-refractivity contribution < 1.29 is 13.9 Å². The van der Waals surface area contributed by atoms with Crippen molar-refractivity contribution in [2.75, 3.05) is 31.6 Å². The lowest BCUT2D eigenvalue weighted by Gasteiger charge is -2.31. The van der Waals surface area contributed by atoms with Crippen molar-refractivity contribution in [1.82, 2.24) is 9.88 Å². The van der Waals surface area contributed by atoms with E-state index < -0.39 is 0 Å². The Morgan fingerprint density at radius 1 is 1.15 bits per heavy atom. The standard InChI is InChI=1S/C20H24FN3O2/c21-17-2-4-19(5-3-17)26-15-1-12-24-13-8-16(9-14-24)20(25)23-18-6-10-22-11-7-18/h2-7,10-11,16H,1,8-9,12-15H2,(H,22,23,25). The van der Waals surface area contributed by atoms with Crippen LogP contribution in [0.1, 0.15) is 19.3 Å². The van der Waals surface area contributed by atoms with Gasteiger partial charge in [-0.3, -0.25) is 9.78 Å². The van der Waals surface area contributed by atoms with E-state index in [1.807, 2.05) is 0 Å². The van der Waals surface area contributed by atoms with Crippen LogP contribution in [0.3, 0.4) is 0 Å². The number of likely N-dealkylation sites (tertiary alicyclic amines) is 1. The van der Waals surface area contributed by atoms with Gasteiger partial charge < -0.3 is 15.0 Å². The van der Waals surface area contributed by atoms with Crippen LogP contribution in [0, 0.1) is 11.7 Å². The van der Waals surface area contributed by atoms with Gasteiger partial charge in [0.05, 0.1) is 6.61 Å². The molecule has 0 radical (unpaired) electrons. The number of benzene rings is 1. The summed E-state index contributed by atoms with van der Waals surface area (Å²) in [6.07, 6.45) is 6.00. The molecular weight excluding hydrogens is 333 g/mol. The Bertz CT molecular complexity index is 686. The van der Waals surface area contributed by atoms with Gasteiger partial charge in [0.25, 0.3) is 0 Å². The summed E-state index contributed by atoms with van der Waals surface area (Å²) in [7, 11) is 0. The molecule has 0 saturated carbocycles. The minimum absolute atomic E-state index is 0.0647. The van der Waals surface area contributed by atoms with E-state index >= 15 is 0 Å². The quantitative estimate of drug-likeness (QED) is 0.772. The number of hydrogen-bond donors (Lipinski definition) is 1. The monoisotopic (exact) mass is 357 g/mol. The molecular formula is C20H24FN3O2. The lowest BCUT2D eigenvalue weighted by Crippen LogP contribution is -2.38. The Morgan fingerprint density at radius 2 is 1.85 bits per heavy atom. The van der Waals surface area contributed by atoms with E-state index in [1.54, 1.807) is 36.7 Å². The van der Waals surface area contributed by atoms with Crippen LogP contribution in [-0.2, 0) is 4.79 Å². The first kappa shape index (κ1) is 18.3. The number of rotatable bonds is 7. The maximum atomic E-state index is 12.8. The van der Waals surface area contributed by atoms with Gasteiger partial charge in [-0.1, -0.05) is 0 Å². The highest BCUT2D eigenvalue weighted by molar-refractivity contribution is 5.92. The Labute approximate surface area is 153 Å². The molecule has 5 nitrogen and oxygen atoms in total. The lowest BCUT2D eigenvalue weighted by atomic mass is 9.95. The number of halogens is 1. The Kier molecular flexibility index (Phi) is 6.55. The van der Waals surface area contributed by atoms with Crippen molar-refractivity contribution in [1.29, 1.82) is 0 Å². The molecule has 1 saturated heterocycles. The number of nitrogens with zero attached hydrogens (tertiary/aromatic N) is 2. The number of ether oxygens (including phenoxy) is 1. The molecule has 26 heavy (non-hydrogen) atoms. The predicted molar refractivity (Wildman–Crippen MR) is 98.5 cm³/mol. The zero-order chi connectivity index (χ0) is 18.2. The van der Waals surface area contributed by atoms with E-state index in [2.05, 4.69) is 15.2 Å². The highest BCUT2D eigenvalue weighted by atomic mass is 19.1. The molecule has 0 bridgehead atoms. The van der Waals surface area contributed by atoms with Crippen LogP contribution in [0.5, 0.6) is 5.75 Å². The Hall–Kier alpha value is -2.47. The topological polar surface area (TPSA) is 54.5 Å². The van der Waals surface area contributed by atoms with Crippen molar-refractivity contribution in [2.24, 2.45) is 5.92 Å². The number of hydrogen-bond acceptors (Lipinski definition) is 4. The smallest absolute Gasteiger partial charge is 0.227 e. The van der Waals surface area contributed by atoms with Crippen LogP contribution in [0.4, 0.5) is 10.1 Å². The number of carbonyl (C=O) groups is 1. The molecule has 3 rings (SSSR count). The maximum Gasteiger partial charge on any atom is 0.227 e. The van der Waals surface area contributed by atoms with Gasteiger partial charge >= 0.3 is 0 Å². The van der Waals surface area contributed by atoms with Crippen LogP contribution in [0.25, 0.3) is 0 Å². The third kappa shape index (κ3) is 5.52. The molecule has 0 spiro atoms. The van der Waals surface area contributed by atoms with E-state index in [0.29, 0.717) is 12.4 Å². The second kappa shape index (κ2) is 9.29. The summed E-state index contributed by atoms with van der Waals surface area (Å²) in [5.74, 6) is 0.594.